The zero-order chi connectivity index (χ0) is 19.9. The fourth-order valence-electron chi connectivity index (χ4n) is 3.08. The third-order valence-corrected chi connectivity index (χ3v) is 5.48. The zero-order valence-corrected chi connectivity index (χ0v) is 17.6. The van der Waals surface area contributed by atoms with Crippen LogP contribution in [0.5, 0.6) is 0 Å². The van der Waals surface area contributed by atoms with Gasteiger partial charge in [-0.2, -0.15) is 0 Å². The molecule has 0 saturated carbocycles. The molecule has 1 saturated heterocycles. The Bertz CT molecular complexity index is 828. The third-order valence-electron chi connectivity index (χ3n) is 4.54. The molecule has 2 aromatic carbocycles. The largest absolute Gasteiger partial charge is 0.379 e. The lowest BCUT2D eigenvalue weighted by Crippen LogP contribution is -2.46. The fourth-order valence-corrected chi connectivity index (χ4v) is 3.72. The van der Waals surface area contributed by atoms with Crippen LogP contribution in [0, 0.1) is 5.82 Å². The second kappa shape index (κ2) is 10.1. The van der Waals surface area contributed by atoms with Gasteiger partial charge >= 0.3 is 0 Å². The second-order valence-corrected chi connectivity index (χ2v) is 7.62. The maximum absolute atomic E-state index is 13.3. The summed E-state index contributed by atoms with van der Waals surface area (Å²) in [5, 5.41) is 6.08. The molecule has 28 heavy (non-hydrogen) atoms. The van der Waals surface area contributed by atoms with Gasteiger partial charge in [0.1, 0.15) is 5.82 Å². The van der Waals surface area contributed by atoms with Crippen LogP contribution in [0.15, 0.2) is 53.0 Å². The molecule has 2 N–H and O–H groups in total. The number of hydrogen-bond acceptors (Lipinski definition) is 4. The predicted molar refractivity (Wildman–Crippen MR) is 114 cm³/mol. The van der Waals surface area contributed by atoms with E-state index < -0.39 is 0 Å². The van der Waals surface area contributed by atoms with Crippen molar-refractivity contribution in [1.29, 1.82) is 0 Å². The lowest BCUT2D eigenvalue weighted by molar-refractivity contribution is 0.0170. The number of thiocarbonyl (C=S) groups is 1. The second-order valence-electron chi connectivity index (χ2n) is 6.36. The molecule has 8 heteroatoms. The highest BCUT2D eigenvalue weighted by Crippen LogP contribution is 2.22. The first-order valence-corrected chi connectivity index (χ1v) is 10.2. The van der Waals surface area contributed by atoms with E-state index in [9.17, 15) is 9.18 Å². The Morgan fingerprint density at radius 3 is 2.54 bits per heavy atom. The van der Waals surface area contributed by atoms with Crippen LogP contribution >= 0.6 is 28.1 Å². The Labute approximate surface area is 177 Å². The van der Waals surface area contributed by atoms with E-state index in [4.69, 9.17) is 17.0 Å². The number of amides is 1. The van der Waals surface area contributed by atoms with Gasteiger partial charge in [-0.3, -0.25) is 15.0 Å². The molecule has 1 heterocycles. The molecular formula is C20H21BrFN3O2S. The summed E-state index contributed by atoms with van der Waals surface area (Å²) in [4.78, 5) is 14.7. The molecule has 3 rings (SSSR count). The summed E-state index contributed by atoms with van der Waals surface area (Å²) >= 11 is 8.67. The molecule has 1 amide bonds. The van der Waals surface area contributed by atoms with Gasteiger partial charge in [-0.15, -0.1) is 0 Å². The number of nitrogens with zero attached hydrogens (tertiary/aromatic N) is 1. The van der Waals surface area contributed by atoms with Crippen molar-refractivity contribution < 1.29 is 13.9 Å². The third kappa shape index (κ3) is 5.57. The standard InChI is InChI=1S/C20H21BrFN3O2S/c21-17-4-2-1-3-16(17)19(26)24-20(28)23-13-18(25-9-11-27-12-10-25)14-5-7-15(22)8-6-14/h1-8,18H,9-13H2,(H2,23,24,26,28)/t18-/m0/s1. The maximum atomic E-state index is 13.3. The number of halogens is 2. The van der Waals surface area contributed by atoms with Gasteiger partial charge in [-0.05, 0) is 58.0 Å². The molecule has 0 aliphatic carbocycles. The number of nitrogens with one attached hydrogen (secondary N) is 2. The van der Waals surface area contributed by atoms with E-state index in [0.717, 1.165) is 18.7 Å². The van der Waals surface area contributed by atoms with E-state index in [1.165, 1.54) is 12.1 Å². The minimum Gasteiger partial charge on any atom is -0.379 e. The first-order valence-electron chi connectivity index (χ1n) is 8.95. The highest BCUT2D eigenvalue weighted by atomic mass is 79.9. The molecule has 0 radical (unpaired) electrons. The number of carbonyl (C=O) groups excluding carboxylic acids is 1. The fraction of sp³-hybridized carbons (Fsp3) is 0.300. The van der Waals surface area contributed by atoms with Crippen LogP contribution in [-0.4, -0.2) is 48.8 Å². The van der Waals surface area contributed by atoms with E-state index in [2.05, 4.69) is 31.5 Å². The van der Waals surface area contributed by atoms with Crippen LogP contribution in [0.1, 0.15) is 22.0 Å². The minimum atomic E-state index is -0.283. The van der Waals surface area contributed by atoms with Gasteiger partial charge in [-0.1, -0.05) is 24.3 Å². The first kappa shape index (κ1) is 20.9. The number of hydrogen-bond donors (Lipinski definition) is 2. The maximum Gasteiger partial charge on any atom is 0.258 e. The average Bonchev–Trinajstić information content (AvgIpc) is 2.70. The SMILES string of the molecule is O=C(NC(=S)NC[C@@H](c1ccc(F)cc1)N1CCOCC1)c1ccccc1Br. The Morgan fingerprint density at radius 2 is 1.86 bits per heavy atom. The summed E-state index contributed by atoms with van der Waals surface area (Å²) < 4.78 is 19.5. The van der Waals surface area contributed by atoms with Gasteiger partial charge in [-0.25, -0.2) is 4.39 Å². The van der Waals surface area contributed by atoms with Crippen molar-refractivity contribution in [3.63, 3.8) is 0 Å². The van der Waals surface area contributed by atoms with Crippen LogP contribution in [0.25, 0.3) is 0 Å². The number of benzene rings is 2. The van der Waals surface area contributed by atoms with Crippen molar-refractivity contribution in [3.05, 3.63) is 69.9 Å². The first-order chi connectivity index (χ1) is 13.5. The number of ether oxygens (including phenoxy) is 1. The van der Waals surface area contributed by atoms with Crippen LogP contribution in [0.4, 0.5) is 4.39 Å². The summed E-state index contributed by atoms with van der Waals surface area (Å²) in [7, 11) is 0. The smallest absolute Gasteiger partial charge is 0.258 e. The molecule has 0 spiro atoms. The molecule has 0 bridgehead atoms. The van der Waals surface area contributed by atoms with E-state index >= 15 is 0 Å². The topological polar surface area (TPSA) is 53.6 Å². The lowest BCUT2D eigenvalue weighted by Gasteiger charge is -2.35. The Hall–Kier alpha value is -1.87. The van der Waals surface area contributed by atoms with Crippen LogP contribution in [0.2, 0.25) is 0 Å². The molecule has 5 nitrogen and oxygen atoms in total. The van der Waals surface area contributed by atoms with Gasteiger partial charge in [0.25, 0.3) is 5.91 Å². The van der Waals surface area contributed by atoms with Crippen molar-refractivity contribution in [2.75, 3.05) is 32.8 Å². The van der Waals surface area contributed by atoms with Gasteiger partial charge in [0.05, 0.1) is 24.8 Å². The molecular weight excluding hydrogens is 445 g/mol. The van der Waals surface area contributed by atoms with Crippen molar-refractivity contribution in [3.8, 4) is 0 Å². The summed E-state index contributed by atoms with van der Waals surface area (Å²) in [6.45, 7) is 3.35. The summed E-state index contributed by atoms with van der Waals surface area (Å²) in [6, 6.07) is 13.6. The molecule has 148 valence electrons. The highest BCUT2D eigenvalue weighted by Gasteiger charge is 2.23. The number of morpholine rings is 1. The number of carbonyl (C=O) groups is 1. The van der Waals surface area contributed by atoms with Crippen LogP contribution < -0.4 is 10.6 Å². The van der Waals surface area contributed by atoms with Crippen LogP contribution in [0.3, 0.4) is 0 Å². The molecule has 1 atom stereocenters. The van der Waals surface area contributed by atoms with Crippen molar-refractivity contribution in [1.82, 2.24) is 15.5 Å². The molecule has 1 fully saturated rings. The monoisotopic (exact) mass is 465 g/mol. The van der Waals surface area contributed by atoms with Crippen molar-refractivity contribution >= 4 is 39.2 Å². The van der Waals surface area contributed by atoms with Gasteiger partial charge in [0.15, 0.2) is 5.11 Å². The summed E-state index contributed by atoms with van der Waals surface area (Å²) in [6.07, 6.45) is 0. The molecule has 0 aromatic heterocycles. The van der Waals surface area contributed by atoms with Gasteiger partial charge in [0, 0.05) is 24.1 Å². The van der Waals surface area contributed by atoms with E-state index in [0.29, 0.717) is 29.8 Å². The molecule has 2 aromatic rings. The lowest BCUT2D eigenvalue weighted by atomic mass is 10.0. The average molecular weight is 466 g/mol. The molecule has 1 aliphatic heterocycles. The van der Waals surface area contributed by atoms with Crippen molar-refractivity contribution in [2.24, 2.45) is 0 Å². The van der Waals surface area contributed by atoms with Gasteiger partial charge < -0.3 is 10.1 Å². The number of rotatable bonds is 5. The molecule has 1 aliphatic rings. The summed E-state index contributed by atoms with van der Waals surface area (Å²) in [5.74, 6) is -0.552. The quantitative estimate of drug-likeness (QED) is 0.663. The normalized spacial score (nSPS) is 15.6. The Kier molecular flexibility index (Phi) is 7.50. The minimum absolute atomic E-state index is 0.0113. The molecule has 0 unspecified atom stereocenters. The Morgan fingerprint density at radius 1 is 1.18 bits per heavy atom. The van der Waals surface area contributed by atoms with E-state index in [1.807, 2.05) is 6.07 Å². The Balaban J connectivity index is 1.64. The van der Waals surface area contributed by atoms with E-state index in [1.54, 1.807) is 30.3 Å². The van der Waals surface area contributed by atoms with Crippen molar-refractivity contribution in [2.45, 2.75) is 6.04 Å². The van der Waals surface area contributed by atoms with Gasteiger partial charge in [0.2, 0.25) is 0 Å². The predicted octanol–water partition coefficient (Wildman–Crippen LogP) is 3.27. The van der Waals surface area contributed by atoms with E-state index in [-0.39, 0.29) is 22.9 Å². The zero-order valence-electron chi connectivity index (χ0n) is 15.2. The highest BCUT2D eigenvalue weighted by molar-refractivity contribution is 9.10. The van der Waals surface area contributed by atoms with Crippen LogP contribution in [-0.2, 0) is 4.74 Å². The summed E-state index contributed by atoms with van der Waals surface area (Å²) in [5.41, 5.74) is 1.49.